The van der Waals surface area contributed by atoms with Gasteiger partial charge >= 0.3 is 0 Å². The molecule has 0 saturated heterocycles. The van der Waals surface area contributed by atoms with E-state index in [-0.39, 0.29) is 18.1 Å². The predicted octanol–water partition coefficient (Wildman–Crippen LogP) is 4.73. The van der Waals surface area contributed by atoms with Crippen LogP contribution in [0.4, 0.5) is 5.13 Å². The molecule has 0 unspecified atom stereocenters. The van der Waals surface area contributed by atoms with Crippen LogP contribution in [0.1, 0.15) is 16.1 Å². The fraction of sp³-hybridized carbons (Fsp3) is 0.0500. The highest BCUT2D eigenvalue weighted by Crippen LogP contribution is 2.28. The summed E-state index contributed by atoms with van der Waals surface area (Å²) in [6, 6.07) is 15.8. The molecule has 2 aromatic carbocycles. The van der Waals surface area contributed by atoms with E-state index in [0.717, 1.165) is 28.1 Å². The topological polar surface area (TPSA) is 81.4 Å². The average molecular weight is 413 g/mol. The van der Waals surface area contributed by atoms with Gasteiger partial charge in [0.15, 0.2) is 10.9 Å². The van der Waals surface area contributed by atoms with Gasteiger partial charge < -0.3 is 9.15 Å². The zero-order valence-corrected chi connectivity index (χ0v) is 15.9. The van der Waals surface area contributed by atoms with Crippen molar-refractivity contribution in [1.82, 2.24) is 4.98 Å². The summed E-state index contributed by atoms with van der Waals surface area (Å²) in [5.74, 6) is -0.666. The zero-order valence-electron chi connectivity index (χ0n) is 14.3. The van der Waals surface area contributed by atoms with Gasteiger partial charge in [-0.2, -0.15) is 0 Å². The van der Waals surface area contributed by atoms with Gasteiger partial charge in [0.05, 0.1) is 10.2 Å². The number of anilines is 1. The van der Waals surface area contributed by atoms with Crippen molar-refractivity contribution >= 4 is 44.2 Å². The van der Waals surface area contributed by atoms with Crippen LogP contribution in [0.15, 0.2) is 70.1 Å². The molecule has 28 heavy (non-hydrogen) atoms. The molecule has 0 aliphatic carbocycles. The molecule has 0 aliphatic rings. The first-order valence-electron chi connectivity index (χ1n) is 8.25. The number of thiazole rings is 1. The molecule has 4 aromatic rings. The van der Waals surface area contributed by atoms with Crippen LogP contribution in [-0.2, 0) is 6.61 Å². The lowest BCUT2D eigenvalue weighted by molar-refractivity contribution is 0.0993. The van der Waals surface area contributed by atoms with E-state index in [1.165, 1.54) is 11.3 Å². The third-order valence-corrected chi connectivity index (χ3v) is 5.00. The Balaban J connectivity index is 1.46. The van der Waals surface area contributed by atoms with Crippen molar-refractivity contribution < 1.29 is 13.9 Å². The molecule has 8 heteroatoms. The number of hydrogen-bond donors (Lipinski definition) is 1. The fourth-order valence-electron chi connectivity index (χ4n) is 2.47. The molecule has 1 N–H and O–H groups in total. The minimum Gasteiger partial charge on any atom is -0.482 e. The molecule has 4 rings (SSSR count). The van der Waals surface area contributed by atoms with Gasteiger partial charge in [-0.25, -0.2) is 4.98 Å². The molecule has 0 fully saturated rings. The SMILES string of the molecule is O=C(Nc1nc2ccc(Cl)cc2s1)c1cc(=O)c(OCc2ccccc2)co1. The van der Waals surface area contributed by atoms with Crippen molar-refractivity contribution in [3.63, 3.8) is 0 Å². The Labute approximate surface area is 168 Å². The lowest BCUT2D eigenvalue weighted by Crippen LogP contribution is -2.15. The van der Waals surface area contributed by atoms with Gasteiger partial charge in [-0.3, -0.25) is 14.9 Å². The van der Waals surface area contributed by atoms with Crippen LogP contribution in [-0.4, -0.2) is 10.9 Å². The number of fused-ring (bicyclic) bond motifs is 1. The van der Waals surface area contributed by atoms with E-state index in [1.54, 1.807) is 18.2 Å². The van der Waals surface area contributed by atoms with E-state index in [9.17, 15) is 9.59 Å². The highest BCUT2D eigenvalue weighted by molar-refractivity contribution is 7.22. The van der Waals surface area contributed by atoms with Crippen molar-refractivity contribution in [2.45, 2.75) is 6.61 Å². The first kappa shape index (κ1) is 18.2. The standard InChI is InChI=1S/C20H13ClN2O4S/c21-13-6-7-14-18(8-13)28-20(22-14)23-19(25)16-9-15(24)17(11-27-16)26-10-12-4-2-1-3-5-12/h1-9,11H,10H2,(H,22,23,25). The van der Waals surface area contributed by atoms with E-state index in [4.69, 9.17) is 20.8 Å². The minimum atomic E-state index is -0.572. The Hall–Kier alpha value is -3.16. The summed E-state index contributed by atoms with van der Waals surface area (Å²) >= 11 is 7.23. The monoisotopic (exact) mass is 412 g/mol. The van der Waals surface area contributed by atoms with Crippen molar-refractivity contribution in [1.29, 1.82) is 0 Å². The van der Waals surface area contributed by atoms with Crippen LogP contribution < -0.4 is 15.5 Å². The number of carbonyl (C=O) groups is 1. The van der Waals surface area contributed by atoms with Crippen LogP contribution >= 0.6 is 22.9 Å². The maximum Gasteiger partial charge on any atom is 0.293 e. The number of nitrogens with one attached hydrogen (secondary N) is 1. The van der Waals surface area contributed by atoms with Crippen LogP contribution in [0.5, 0.6) is 5.75 Å². The maximum absolute atomic E-state index is 12.4. The van der Waals surface area contributed by atoms with Gasteiger partial charge in [0.2, 0.25) is 11.2 Å². The molecule has 0 saturated carbocycles. The Kier molecular flexibility index (Phi) is 5.10. The fourth-order valence-corrected chi connectivity index (χ4v) is 3.61. The highest BCUT2D eigenvalue weighted by atomic mass is 35.5. The first-order chi connectivity index (χ1) is 13.6. The molecule has 0 atom stereocenters. The lowest BCUT2D eigenvalue weighted by Gasteiger charge is -2.06. The number of ether oxygens (including phenoxy) is 1. The molecule has 0 spiro atoms. The molecule has 0 radical (unpaired) electrons. The van der Waals surface area contributed by atoms with Crippen molar-refractivity contribution in [2.24, 2.45) is 0 Å². The molecular weight excluding hydrogens is 400 g/mol. The lowest BCUT2D eigenvalue weighted by atomic mass is 10.2. The predicted molar refractivity (Wildman–Crippen MR) is 108 cm³/mol. The number of rotatable bonds is 5. The average Bonchev–Trinajstić information content (AvgIpc) is 3.09. The Bertz CT molecular complexity index is 1200. The van der Waals surface area contributed by atoms with Gasteiger partial charge in [-0.05, 0) is 23.8 Å². The normalized spacial score (nSPS) is 10.8. The Morgan fingerprint density at radius 3 is 2.79 bits per heavy atom. The largest absolute Gasteiger partial charge is 0.482 e. The smallest absolute Gasteiger partial charge is 0.293 e. The number of hydrogen-bond acceptors (Lipinski definition) is 6. The highest BCUT2D eigenvalue weighted by Gasteiger charge is 2.15. The van der Waals surface area contributed by atoms with Gasteiger partial charge in [0.1, 0.15) is 12.9 Å². The summed E-state index contributed by atoms with van der Waals surface area (Å²) in [4.78, 5) is 28.9. The van der Waals surface area contributed by atoms with E-state index in [1.807, 2.05) is 30.3 Å². The molecule has 1 amide bonds. The summed E-state index contributed by atoms with van der Waals surface area (Å²) in [5.41, 5.74) is 1.19. The first-order valence-corrected chi connectivity index (χ1v) is 9.45. The summed E-state index contributed by atoms with van der Waals surface area (Å²) in [6.07, 6.45) is 1.14. The third-order valence-electron chi connectivity index (χ3n) is 3.83. The van der Waals surface area contributed by atoms with Crippen LogP contribution in [0, 0.1) is 0 Å². The number of aromatic nitrogens is 1. The van der Waals surface area contributed by atoms with E-state index in [2.05, 4.69) is 10.3 Å². The number of amides is 1. The Morgan fingerprint density at radius 1 is 1.18 bits per heavy atom. The minimum absolute atomic E-state index is 0.0371. The molecule has 2 heterocycles. The van der Waals surface area contributed by atoms with Crippen molar-refractivity contribution in [2.75, 3.05) is 5.32 Å². The number of nitrogens with zero attached hydrogens (tertiary/aromatic N) is 1. The molecule has 6 nitrogen and oxygen atoms in total. The van der Waals surface area contributed by atoms with Crippen LogP contribution in [0.3, 0.4) is 0 Å². The number of benzene rings is 2. The summed E-state index contributed by atoms with van der Waals surface area (Å²) in [7, 11) is 0. The molecular formula is C20H13ClN2O4S. The van der Waals surface area contributed by atoms with Gasteiger partial charge in [-0.1, -0.05) is 53.3 Å². The van der Waals surface area contributed by atoms with Gasteiger partial charge in [0, 0.05) is 11.1 Å². The second-order valence-corrected chi connectivity index (χ2v) is 7.30. The van der Waals surface area contributed by atoms with E-state index >= 15 is 0 Å². The van der Waals surface area contributed by atoms with E-state index < -0.39 is 11.3 Å². The van der Waals surface area contributed by atoms with Crippen molar-refractivity contribution in [3.8, 4) is 5.75 Å². The van der Waals surface area contributed by atoms with Crippen LogP contribution in [0.2, 0.25) is 5.02 Å². The number of halogens is 1. The van der Waals surface area contributed by atoms with Gasteiger partial charge in [0.25, 0.3) is 5.91 Å². The molecule has 0 aliphatic heterocycles. The Morgan fingerprint density at radius 2 is 2.00 bits per heavy atom. The molecule has 0 bridgehead atoms. The maximum atomic E-state index is 12.4. The zero-order chi connectivity index (χ0) is 19.5. The number of carbonyl (C=O) groups excluding carboxylic acids is 1. The molecule has 2 aromatic heterocycles. The summed E-state index contributed by atoms with van der Waals surface area (Å²) in [6.45, 7) is 0.228. The second kappa shape index (κ2) is 7.84. The molecule has 140 valence electrons. The second-order valence-electron chi connectivity index (χ2n) is 5.83. The quantitative estimate of drug-likeness (QED) is 0.512. The van der Waals surface area contributed by atoms with Gasteiger partial charge in [-0.15, -0.1) is 0 Å². The van der Waals surface area contributed by atoms with Crippen molar-refractivity contribution in [3.05, 3.63) is 87.4 Å². The summed E-state index contributed by atoms with van der Waals surface area (Å²) in [5, 5.41) is 3.60. The van der Waals surface area contributed by atoms with E-state index in [0.29, 0.717) is 10.2 Å². The third kappa shape index (κ3) is 4.05. The summed E-state index contributed by atoms with van der Waals surface area (Å²) < 4.78 is 11.6. The van der Waals surface area contributed by atoms with Crippen LogP contribution in [0.25, 0.3) is 10.2 Å².